The number of carbonyl (C=O) groups is 2. The van der Waals surface area contributed by atoms with Crippen LogP contribution in [0.25, 0.3) is 10.9 Å². The lowest BCUT2D eigenvalue weighted by Crippen LogP contribution is -2.20. The van der Waals surface area contributed by atoms with Gasteiger partial charge < -0.3 is 9.72 Å². The van der Waals surface area contributed by atoms with E-state index in [2.05, 4.69) is 4.98 Å². The quantitative estimate of drug-likeness (QED) is 0.203. The number of nitro benzene ring substituents is 1. The molecule has 31 heavy (non-hydrogen) atoms. The summed E-state index contributed by atoms with van der Waals surface area (Å²) >= 11 is 0. The highest BCUT2D eigenvalue weighted by Crippen LogP contribution is 2.29. The Morgan fingerprint density at radius 1 is 1.00 bits per heavy atom. The molecule has 0 aliphatic heterocycles. The number of H-pyrrole nitrogens is 1. The van der Waals surface area contributed by atoms with E-state index in [0.717, 1.165) is 17.0 Å². The van der Waals surface area contributed by atoms with Gasteiger partial charge in [-0.2, -0.15) is 0 Å². The van der Waals surface area contributed by atoms with Crippen molar-refractivity contribution < 1.29 is 19.2 Å². The Morgan fingerprint density at radius 2 is 1.71 bits per heavy atom. The van der Waals surface area contributed by atoms with Crippen LogP contribution in [-0.4, -0.2) is 21.7 Å². The molecule has 3 aromatic carbocycles. The summed E-state index contributed by atoms with van der Waals surface area (Å²) in [4.78, 5) is 40.0. The number of para-hydroxylation sites is 1. The number of aromatic amines is 1. The Hall–Kier alpha value is -4.26. The van der Waals surface area contributed by atoms with Crippen LogP contribution in [0.5, 0.6) is 0 Å². The molecule has 0 saturated heterocycles. The molecule has 1 heterocycles. The van der Waals surface area contributed by atoms with Gasteiger partial charge in [0.05, 0.1) is 10.5 Å². The maximum Gasteiger partial charge on any atom is 0.339 e. The number of aromatic nitrogens is 1. The number of Topliss-reactive ketones (excluding diaryl/α,β-unsaturated/α-hetero) is 1. The number of aryl methyl sites for hydroxylation is 1. The number of benzene rings is 3. The molecular formula is C24H18N2O5. The number of rotatable bonds is 6. The van der Waals surface area contributed by atoms with Gasteiger partial charge in [-0.15, -0.1) is 0 Å². The lowest BCUT2D eigenvalue weighted by Gasteiger charge is -2.17. The molecular weight excluding hydrogens is 396 g/mol. The Bertz CT molecular complexity index is 1290. The summed E-state index contributed by atoms with van der Waals surface area (Å²) in [5, 5.41) is 11.9. The number of nitrogens with zero attached hydrogens (tertiary/aromatic N) is 1. The summed E-state index contributed by atoms with van der Waals surface area (Å²) in [6.45, 7) is 1.58. The summed E-state index contributed by atoms with van der Waals surface area (Å²) < 4.78 is 5.61. The van der Waals surface area contributed by atoms with Crippen LogP contribution in [0.3, 0.4) is 0 Å². The molecule has 0 radical (unpaired) electrons. The normalized spacial score (nSPS) is 11.8. The molecule has 1 atom stereocenters. The second-order valence-corrected chi connectivity index (χ2v) is 7.07. The highest BCUT2D eigenvalue weighted by atomic mass is 16.6. The van der Waals surface area contributed by atoms with Crippen molar-refractivity contribution in [1.82, 2.24) is 4.98 Å². The van der Waals surface area contributed by atoms with E-state index in [-0.39, 0.29) is 11.3 Å². The van der Waals surface area contributed by atoms with E-state index in [4.69, 9.17) is 4.74 Å². The first-order valence-electron chi connectivity index (χ1n) is 9.57. The van der Waals surface area contributed by atoms with E-state index in [1.54, 1.807) is 43.5 Å². The molecule has 154 valence electrons. The molecule has 0 spiro atoms. The molecule has 0 unspecified atom stereocenters. The molecule has 0 amide bonds. The van der Waals surface area contributed by atoms with E-state index >= 15 is 0 Å². The average Bonchev–Trinajstić information content (AvgIpc) is 3.22. The van der Waals surface area contributed by atoms with Gasteiger partial charge in [0.2, 0.25) is 5.78 Å². The monoisotopic (exact) mass is 414 g/mol. The number of fused-ring (bicyclic) bond motifs is 1. The zero-order chi connectivity index (χ0) is 22.0. The maximum absolute atomic E-state index is 13.4. The highest BCUT2D eigenvalue weighted by molar-refractivity contribution is 6.11. The smallest absolute Gasteiger partial charge is 0.339 e. The Labute approximate surface area is 177 Å². The minimum absolute atomic E-state index is 0.00459. The average molecular weight is 414 g/mol. The molecule has 7 heteroatoms. The molecule has 1 aromatic heterocycles. The Morgan fingerprint density at radius 3 is 2.45 bits per heavy atom. The highest BCUT2D eigenvalue weighted by Gasteiger charge is 2.29. The number of ketones is 1. The van der Waals surface area contributed by atoms with Gasteiger partial charge in [-0.25, -0.2) is 4.79 Å². The van der Waals surface area contributed by atoms with E-state index in [1.165, 1.54) is 12.1 Å². The Kier molecular flexibility index (Phi) is 5.32. The maximum atomic E-state index is 13.4. The van der Waals surface area contributed by atoms with Crippen molar-refractivity contribution in [1.29, 1.82) is 0 Å². The third kappa shape index (κ3) is 3.93. The van der Waals surface area contributed by atoms with Crippen LogP contribution >= 0.6 is 0 Å². The third-order valence-corrected chi connectivity index (χ3v) is 5.06. The minimum atomic E-state index is -1.20. The first-order valence-corrected chi connectivity index (χ1v) is 9.57. The molecule has 1 N–H and O–H groups in total. The van der Waals surface area contributed by atoms with Gasteiger partial charge in [-0.1, -0.05) is 54.6 Å². The SMILES string of the molecule is Cc1ccc(C(=O)O[C@H](C(=O)c2c[nH]c3ccccc23)c2ccccc2)cc1[N+](=O)[O-]. The molecule has 0 aliphatic rings. The van der Waals surface area contributed by atoms with Crippen LogP contribution in [0, 0.1) is 17.0 Å². The van der Waals surface area contributed by atoms with E-state index in [1.807, 2.05) is 24.3 Å². The number of hydrogen-bond acceptors (Lipinski definition) is 5. The summed E-state index contributed by atoms with van der Waals surface area (Å²) in [5.41, 5.74) is 1.94. The van der Waals surface area contributed by atoms with Crippen LogP contribution < -0.4 is 0 Å². The van der Waals surface area contributed by atoms with Gasteiger partial charge in [-0.3, -0.25) is 14.9 Å². The molecule has 0 fully saturated rings. The van der Waals surface area contributed by atoms with E-state index in [9.17, 15) is 19.7 Å². The predicted molar refractivity (Wildman–Crippen MR) is 115 cm³/mol. The molecule has 4 rings (SSSR count). The number of carbonyl (C=O) groups excluding carboxylic acids is 2. The fraction of sp³-hybridized carbons (Fsp3) is 0.0833. The molecule has 4 aromatic rings. The first kappa shape index (κ1) is 20.0. The van der Waals surface area contributed by atoms with Crippen molar-refractivity contribution in [2.24, 2.45) is 0 Å². The zero-order valence-corrected chi connectivity index (χ0v) is 16.6. The largest absolute Gasteiger partial charge is 0.445 e. The second kappa shape index (κ2) is 8.23. The predicted octanol–water partition coefficient (Wildman–Crippen LogP) is 5.17. The van der Waals surface area contributed by atoms with Crippen LogP contribution in [0.4, 0.5) is 5.69 Å². The van der Waals surface area contributed by atoms with Crippen LogP contribution in [-0.2, 0) is 4.74 Å². The van der Waals surface area contributed by atoms with Gasteiger partial charge in [0.1, 0.15) is 0 Å². The summed E-state index contributed by atoms with van der Waals surface area (Å²) in [6.07, 6.45) is 0.390. The zero-order valence-electron chi connectivity index (χ0n) is 16.6. The number of hydrogen-bond donors (Lipinski definition) is 1. The van der Waals surface area contributed by atoms with Crippen molar-refractivity contribution in [3.63, 3.8) is 0 Å². The molecule has 0 aliphatic carbocycles. The topological polar surface area (TPSA) is 102 Å². The van der Waals surface area contributed by atoms with Crippen molar-refractivity contribution >= 4 is 28.3 Å². The van der Waals surface area contributed by atoms with E-state index < -0.39 is 22.8 Å². The second-order valence-electron chi connectivity index (χ2n) is 7.07. The number of nitro groups is 1. The number of esters is 1. The van der Waals surface area contributed by atoms with Crippen molar-refractivity contribution in [2.75, 3.05) is 0 Å². The molecule has 0 bridgehead atoms. The lowest BCUT2D eigenvalue weighted by atomic mass is 9.99. The van der Waals surface area contributed by atoms with Gasteiger partial charge >= 0.3 is 5.97 Å². The van der Waals surface area contributed by atoms with Gasteiger partial charge in [0, 0.05) is 39.9 Å². The number of nitrogens with one attached hydrogen (secondary N) is 1. The van der Waals surface area contributed by atoms with Crippen molar-refractivity contribution in [2.45, 2.75) is 13.0 Å². The molecule has 0 saturated carbocycles. The fourth-order valence-corrected chi connectivity index (χ4v) is 3.43. The minimum Gasteiger partial charge on any atom is -0.445 e. The van der Waals surface area contributed by atoms with Crippen molar-refractivity contribution in [3.05, 3.63) is 111 Å². The van der Waals surface area contributed by atoms with E-state index in [0.29, 0.717) is 16.7 Å². The Balaban J connectivity index is 1.71. The third-order valence-electron chi connectivity index (χ3n) is 5.06. The summed E-state index contributed by atoms with van der Waals surface area (Å²) in [7, 11) is 0. The van der Waals surface area contributed by atoms with Gasteiger partial charge in [0.15, 0.2) is 6.10 Å². The summed E-state index contributed by atoms with van der Waals surface area (Å²) in [5.74, 6) is -1.20. The van der Waals surface area contributed by atoms with Crippen LogP contribution in [0.1, 0.15) is 37.9 Å². The standard InChI is InChI=1S/C24H18N2O5/c1-15-11-12-17(13-21(15)26(29)30)24(28)31-23(16-7-3-2-4-8-16)22(27)19-14-25-20-10-6-5-9-18(19)20/h2-14,23,25H,1H3/t23-/m0/s1. The van der Waals surface area contributed by atoms with Gasteiger partial charge in [0.25, 0.3) is 5.69 Å². The summed E-state index contributed by atoms with van der Waals surface area (Å²) in [6, 6.07) is 20.1. The van der Waals surface area contributed by atoms with Crippen LogP contribution in [0.15, 0.2) is 79.0 Å². The molecule has 7 nitrogen and oxygen atoms in total. The first-order chi connectivity index (χ1) is 15.0. The van der Waals surface area contributed by atoms with Gasteiger partial charge in [-0.05, 0) is 19.1 Å². The van der Waals surface area contributed by atoms with Crippen LogP contribution in [0.2, 0.25) is 0 Å². The fourth-order valence-electron chi connectivity index (χ4n) is 3.43. The number of ether oxygens (including phenoxy) is 1. The lowest BCUT2D eigenvalue weighted by molar-refractivity contribution is -0.385. The van der Waals surface area contributed by atoms with Crippen molar-refractivity contribution in [3.8, 4) is 0 Å².